The van der Waals surface area contributed by atoms with Gasteiger partial charge in [0.05, 0.1) is 19.8 Å². The molecule has 0 radical (unpaired) electrons. The fraction of sp³-hybridized carbons (Fsp3) is 0.312. The third-order valence-corrected chi connectivity index (χ3v) is 3.16. The first-order chi connectivity index (χ1) is 9.56. The van der Waals surface area contributed by atoms with Crippen LogP contribution in [0.3, 0.4) is 0 Å². The highest BCUT2D eigenvalue weighted by atomic mass is 16.5. The SMILES string of the molecule is COc1cccc(OC)c1C(O)c1cc(C)nc(C)c1. The highest BCUT2D eigenvalue weighted by molar-refractivity contribution is 5.49. The highest BCUT2D eigenvalue weighted by Gasteiger charge is 2.21. The van der Waals surface area contributed by atoms with Gasteiger partial charge in [-0.05, 0) is 43.7 Å². The van der Waals surface area contributed by atoms with Crippen molar-refractivity contribution in [2.24, 2.45) is 0 Å². The van der Waals surface area contributed by atoms with E-state index in [0.717, 1.165) is 17.0 Å². The van der Waals surface area contributed by atoms with Crippen molar-refractivity contribution in [2.45, 2.75) is 20.0 Å². The van der Waals surface area contributed by atoms with E-state index in [2.05, 4.69) is 4.98 Å². The van der Waals surface area contributed by atoms with Crippen molar-refractivity contribution in [3.8, 4) is 11.5 Å². The van der Waals surface area contributed by atoms with Crippen LogP contribution in [0.15, 0.2) is 30.3 Å². The third kappa shape index (κ3) is 2.75. The number of hydrogen-bond acceptors (Lipinski definition) is 4. The Kier molecular flexibility index (Phi) is 4.25. The predicted molar refractivity (Wildman–Crippen MR) is 77.3 cm³/mol. The normalized spacial score (nSPS) is 12.1. The molecular weight excluding hydrogens is 254 g/mol. The minimum Gasteiger partial charge on any atom is -0.496 e. The Hall–Kier alpha value is -2.07. The van der Waals surface area contributed by atoms with Crippen LogP contribution in [0.5, 0.6) is 11.5 Å². The topological polar surface area (TPSA) is 51.6 Å². The quantitative estimate of drug-likeness (QED) is 0.930. The van der Waals surface area contributed by atoms with Crippen LogP contribution in [-0.4, -0.2) is 24.3 Å². The highest BCUT2D eigenvalue weighted by Crippen LogP contribution is 2.37. The van der Waals surface area contributed by atoms with Crippen LogP contribution in [0.2, 0.25) is 0 Å². The Balaban J connectivity index is 2.54. The van der Waals surface area contributed by atoms with Gasteiger partial charge in [-0.3, -0.25) is 4.98 Å². The number of aromatic nitrogens is 1. The maximum absolute atomic E-state index is 10.7. The lowest BCUT2D eigenvalue weighted by molar-refractivity contribution is 0.208. The Morgan fingerprint density at radius 2 is 1.50 bits per heavy atom. The molecule has 0 fully saturated rings. The van der Waals surface area contributed by atoms with Crippen molar-refractivity contribution >= 4 is 0 Å². The molecule has 0 aliphatic heterocycles. The van der Waals surface area contributed by atoms with Gasteiger partial charge in [-0.1, -0.05) is 6.07 Å². The van der Waals surface area contributed by atoms with Crippen LogP contribution in [0.1, 0.15) is 28.6 Å². The molecule has 1 atom stereocenters. The van der Waals surface area contributed by atoms with Crippen molar-refractivity contribution in [2.75, 3.05) is 14.2 Å². The number of aliphatic hydroxyl groups excluding tert-OH is 1. The molecule has 1 aromatic carbocycles. The van der Waals surface area contributed by atoms with E-state index >= 15 is 0 Å². The zero-order valence-electron chi connectivity index (χ0n) is 12.2. The molecule has 1 unspecified atom stereocenters. The van der Waals surface area contributed by atoms with Crippen LogP contribution < -0.4 is 9.47 Å². The molecule has 0 amide bonds. The average Bonchev–Trinajstić information content (AvgIpc) is 2.44. The van der Waals surface area contributed by atoms with Gasteiger partial charge < -0.3 is 14.6 Å². The number of nitrogens with zero attached hydrogens (tertiary/aromatic N) is 1. The molecule has 20 heavy (non-hydrogen) atoms. The summed E-state index contributed by atoms with van der Waals surface area (Å²) in [6.45, 7) is 3.81. The minimum atomic E-state index is -0.818. The maximum Gasteiger partial charge on any atom is 0.128 e. The Morgan fingerprint density at radius 3 is 1.95 bits per heavy atom. The van der Waals surface area contributed by atoms with Crippen LogP contribution >= 0.6 is 0 Å². The molecule has 0 aliphatic rings. The van der Waals surface area contributed by atoms with Crippen LogP contribution in [0.25, 0.3) is 0 Å². The summed E-state index contributed by atoms with van der Waals surface area (Å²) in [4.78, 5) is 4.32. The maximum atomic E-state index is 10.7. The molecule has 1 N–H and O–H groups in total. The van der Waals surface area contributed by atoms with Crippen molar-refractivity contribution in [3.63, 3.8) is 0 Å². The summed E-state index contributed by atoms with van der Waals surface area (Å²) in [7, 11) is 3.15. The van der Waals surface area contributed by atoms with E-state index in [0.29, 0.717) is 17.1 Å². The molecule has 0 saturated heterocycles. The molecule has 0 spiro atoms. The van der Waals surface area contributed by atoms with E-state index in [9.17, 15) is 5.11 Å². The molecule has 0 aliphatic carbocycles. The summed E-state index contributed by atoms with van der Waals surface area (Å²) >= 11 is 0. The Bertz CT molecular complexity index is 568. The molecule has 0 bridgehead atoms. The van der Waals surface area contributed by atoms with Gasteiger partial charge in [0, 0.05) is 11.4 Å². The summed E-state index contributed by atoms with van der Waals surface area (Å²) in [6, 6.07) is 9.17. The first-order valence-electron chi connectivity index (χ1n) is 6.41. The molecule has 2 aromatic rings. The lowest BCUT2D eigenvalue weighted by Crippen LogP contribution is -2.06. The molecule has 4 nitrogen and oxygen atoms in total. The zero-order valence-corrected chi connectivity index (χ0v) is 12.2. The van der Waals surface area contributed by atoms with Crippen LogP contribution in [-0.2, 0) is 0 Å². The Morgan fingerprint density at radius 1 is 1.00 bits per heavy atom. The number of benzene rings is 1. The predicted octanol–water partition coefficient (Wildman–Crippen LogP) is 2.80. The largest absolute Gasteiger partial charge is 0.496 e. The summed E-state index contributed by atoms with van der Waals surface area (Å²) in [5, 5.41) is 10.7. The lowest BCUT2D eigenvalue weighted by atomic mass is 9.99. The van der Waals surface area contributed by atoms with Gasteiger partial charge in [0.2, 0.25) is 0 Å². The average molecular weight is 273 g/mol. The van der Waals surface area contributed by atoms with E-state index in [1.54, 1.807) is 14.2 Å². The molecule has 1 heterocycles. The summed E-state index contributed by atoms with van der Waals surface area (Å²) in [5.41, 5.74) is 3.14. The number of methoxy groups -OCH3 is 2. The van der Waals surface area contributed by atoms with Crippen LogP contribution in [0, 0.1) is 13.8 Å². The van der Waals surface area contributed by atoms with Crippen molar-refractivity contribution in [1.29, 1.82) is 0 Å². The Labute approximate surface area is 119 Å². The molecule has 2 rings (SSSR count). The van der Waals surface area contributed by atoms with E-state index in [-0.39, 0.29) is 0 Å². The van der Waals surface area contributed by atoms with E-state index in [1.165, 1.54) is 0 Å². The van der Waals surface area contributed by atoms with E-state index in [1.807, 2.05) is 44.2 Å². The van der Waals surface area contributed by atoms with Crippen molar-refractivity contribution in [1.82, 2.24) is 4.98 Å². The molecule has 4 heteroatoms. The number of rotatable bonds is 4. The second kappa shape index (κ2) is 5.92. The second-order valence-corrected chi connectivity index (χ2v) is 4.66. The van der Waals surface area contributed by atoms with E-state index < -0.39 is 6.10 Å². The smallest absolute Gasteiger partial charge is 0.128 e. The van der Waals surface area contributed by atoms with Gasteiger partial charge in [0.15, 0.2) is 0 Å². The van der Waals surface area contributed by atoms with Gasteiger partial charge in [-0.15, -0.1) is 0 Å². The van der Waals surface area contributed by atoms with E-state index in [4.69, 9.17) is 9.47 Å². The van der Waals surface area contributed by atoms with Gasteiger partial charge in [0.25, 0.3) is 0 Å². The van der Waals surface area contributed by atoms with Gasteiger partial charge in [-0.25, -0.2) is 0 Å². The van der Waals surface area contributed by atoms with Crippen molar-refractivity contribution in [3.05, 3.63) is 52.8 Å². The second-order valence-electron chi connectivity index (χ2n) is 4.66. The number of aliphatic hydroxyl groups is 1. The summed E-state index contributed by atoms with van der Waals surface area (Å²) in [6.07, 6.45) is -0.818. The fourth-order valence-corrected chi connectivity index (χ4v) is 2.34. The molecular formula is C16H19NO3. The monoisotopic (exact) mass is 273 g/mol. The molecule has 0 saturated carbocycles. The lowest BCUT2D eigenvalue weighted by Gasteiger charge is -2.19. The van der Waals surface area contributed by atoms with Gasteiger partial charge >= 0.3 is 0 Å². The minimum absolute atomic E-state index is 0.601. The van der Waals surface area contributed by atoms with Crippen molar-refractivity contribution < 1.29 is 14.6 Å². The molecule has 106 valence electrons. The first kappa shape index (κ1) is 14.3. The summed E-state index contributed by atoms with van der Waals surface area (Å²) in [5.74, 6) is 1.20. The molecule has 1 aromatic heterocycles. The summed E-state index contributed by atoms with van der Waals surface area (Å²) < 4.78 is 10.7. The van der Waals surface area contributed by atoms with Gasteiger partial charge in [0.1, 0.15) is 17.6 Å². The number of ether oxygens (including phenoxy) is 2. The number of aryl methyl sites for hydroxylation is 2. The third-order valence-electron chi connectivity index (χ3n) is 3.16. The zero-order chi connectivity index (χ0) is 14.7. The number of pyridine rings is 1. The van der Waals surface area contributed by atoms with Gasteiger partial charge in [-0.2, -0.15) is 0 Å². The number of hydrogen-bond donors (Lipinski definition) is 1. The fourth-order valence-electron chi connectivity index (χ4n) is 2.34. The standard InChI is InChI=1S/C16H19NO3/c1-10-8-12(9-11(2)17-10)16(18)15-13(19-3)6-5-7-14(15)20-4/h5-9,16,18H,1-4H3. The first-order valence-corrected chi connectivity index (χ1v) is 6.41. The van der Waals surface area contributed by atoms with Crippen LogP contribution in [0.4, 0.5) is 0 Å².